The Morgan fingerprint density at radius 3 is 2.89 bits per heavy atom. The van der Waals surface area contributed by atoms with Crippen LogP contribution in [0.15, 0.2) is 22.7 Å². The molecule has 2 nitrogen and oxygen atoms in total. The highest BCUT2D eigenvalue weighted by atomic mass is 79.9. The average molecular weight is 312 g/mol. The topological polar surface area (TPSA) is 21.3 Å². The number of hydrogen-bond donors (Lipinski definition) is 1. The van der Waals surface area contributed by atoms with Gasteiger partial charge in [-0.3, -0.25) is 0 Å². The Kier molecular flexibility index (Phi) is 5.07. The number of ether oxygens (including phenoxy) is 1. The summed E-state index contributed by atoms with van der Waals surface area (Å²) in [5.41, 5.74) is 1.19. The molecule has 0 amide bonds. The molecule has 0 heterocycles. The zero-order valence-corrected chi connectivity index (χ0v) is 12.8. The summed E-state index contributed by atoms with van der Waals surface area (Å²) in [7, 11) is 0. The van der Waals surface area contributed by atoms with Crippen LogP contribution in [0.5, 0.6) is 5.75 Å². The quantitative estimate of drug-likeness (QED) is 0.767. The van der Waals surface area contributed by atoms with Crippen LogP contribution < -0.4 is 10.1 Å². The minimum atomic E-state index is 0.283. The molecule has 0 aliphatic heterocycles. The minimum absolute atomic E-state index is 0.283. The van der Waals surface area contributed by atoms with Crippen LogP contribution in [-0.2, 0) is 0 Å². The molecular weight excluding hydrogens is 290 g/mol. The molecule has 0 aromatic heterocycles. The zero-order valence-electron chi connectivity index (χ0n) is 11.2. The van der Waals surface area contributed by atoms with E-state index in [1.807, 2.05) is 12.1 Å². The van der Waals surface area contributed by atoms with Gasteiger partial charge in [0.2, 0.25) is 0 Å². The summed E-state index contributed by atoms with van der Waals surface area (Å²) in [6.45, 7) is 5.36. The fraction of sp³-hybridized carbons (Fsp3) is 0.600. The summed E-state index contributed by atoms with van der Waals surface area (Å²) in [4.78, 5) is 0. The van der Waals surface area contributed by atoms with Crippen molar-refractivity contribution >= 4 is 15.9 Å². The van der Waals surface area contributed by atoms with E-state index in [4.69, 9.17) is 4.74 Å². The van der Waals surface area contributed by atoms with E-state index in [1.165, 1.54) is 24.8 Å². The Balaban J connectivity index is 1.70. The molecular formula is C15H22BrNO. The molecule has 1 N–H and O–H groups in total. The van der Waals surface area contributed by atoms with Crippen LogP contribution in [0.2, 0.25) is 0 Å². The second-order valence-electron chi connectivity index (χ2n) is 5.21. The standard InChI is InChI=1S/C15H22BrNO/c1-11-10-13(16)5-8-15(11)18-12(2)4-3-9-17-14-6-7-14/h5,8,10,12,14,17H,3-4,6-7,9H2,1-2H3. The monoisotopic (exact) mass is 311 g/mol. The molecule has 1 fully saturated rings. The van der Waals surface area contributed by atoms with Gasteiger partial charge in [0.15, 0.2) is 0 Å². The van der Waals surface area contributed by atoms with E-state index in [2.05, 4.69) is 41.2 Å². The van der Waals surface area contributed by atoms with Crippen molar-refractivity contribution in [2.75, 3.05) is 6.54 Å². The Morgan fingerprint density at radius 1 is 1.44 bits per heavy atom. The first-order valence-electron chi connectivity index (χ1n) is 6.81. The van der Waals surface area contributed by atoms with E-state index in [-0.39, 0.29) is 6.10 Å². The van der Waals surface area contributed by atoms with Crippen molar-refractivity contribution in [2.45, 2.75) is 51.7 Å². The van der Waals surface area contributed by atoms with Crippen LogP contribution in [0.4, 0.5) is 0 Å². The van der Waals surface area contributed by atoms with Crippen LogP contribution in [-0.4, -0.2) is 18.7 Å². The van der Waals surface area contributed by atoms with Crippen molar-refractivity contribution in [2.24, 2.45) is 0 Å². The molecule has 3 heteroatoms. The number of rotatable bonds is 7. The van der Waals surface area contributed by atoms with Crippen molar-refractivity contribution in [1.29, 1.82) is 0 Å². The van der Waals surface area contributed by atoms with Gasteiger partial charge in [0.25, 0.3) is 0 Å². The second-order valence-corrected chi connectivity index (χ2v) is 6.12. The summed E-state index contributed by atoms with van der Waals surface area (Å²) < 4.78 is 7.08. The Bertz CT molecular complexity index is 390. The highest BCUT2D eigenvalue weighted by Crippen LogP contribution is 2.24. The van der Waals surface area contributed by atoms with E-state index in [1.54, 1.807) is 0 Å². The molecule has 0 radical (unpaired) electrons. The molecule has 100 valence electrons. The third-order valence-electron chi connectivity index (χ3n) is 3.26. The van der Waals surface area contributed by atoms with Crippen molar-refractivity contribution in [3.63, 3.8) is 0 Å². The van der Waals surface area contributed by atoms with E-state index in [0.29, 0.717) is 0 Å². The first-order valence-corrected chi connectivity index (χ1v) is 7.60. The summed E-state index contributed by atoms with van der Waals surface area (Å²) >= 11 is 3.47. The molecule has 1 aromatic rings. The van der Waals surface area contributed by atoms with E-state index in [0.717, 1.165) is 29.2 Å². The molecule has 18 heavy (non-hydrogen) atoms. The molecule has 1 unspecified atom stereocenters. The summed E-state index contributed by atoms with van der Waals surface area (Å²) in [6.07, 6.45) is 5.31. The lowest BCUT2D eigenvalue weighted by Gasteiger charge is -2.16. The van der Waals surface area contributed by atoms with Crippen molar-refractivity contribution < 1.29 is 4.74 Å². The van der Waals surface area contributed by atoms with Gasteiger partial charge in [-0.2, -0.15) is 0 Å². The minimum Gasteiger partial charge on any atom is -0.490 e. The molecule has 1 aromatic carbocycles. The van der Waals surface area contributed by atoms with Gasteiger partial charge in [-0.15, -0.1) is 0 Å². The van der Waals surface area contributed by atoms with E-state index >= 15 is 0 Å². The molecule has 1 atom stereocenters. The zero-order chi connectivity index (χ0) is 13.0. The van der Waals surface area contributed by atoms with Gasteiger partial charge in [-0.25, -0.2) is 0 Å². The maximum absolute atomic E-state index is 5.97. The van der Waals surface area contributed by atoms with E-state index < -0.39 is 0 Å². The van der Waals surface area contributed by atoms with Crippen LogP contribution in [0, 0.1) is 6.92 Å². The van der Waals surface area contributed by atoms with Gasteiger partial charge in [-0.05, 0) is 69.8 Å². The first-order chi connectivity index (χ1) is 8.65. The van der Waals surface area contributed by atoms with Gasteiger partial charge in [-0.1, -0.05) is 15.9 Å². The lowest BCUT2D eigenvalue weighted by molar-refractivity contribution is 0.206. The van der Waals surface area contributed by atoms with E-state index in [9.17, 15) is 0 Å². The number of nitrogens with one attached hydrogen (secondary N) is 1. The highest BCUT2D eigenvalue weighted by molar-refractivity contribution is 9.10. The second kappa shape index (κ2) is 6.58. The highest BCUT2D eigenvalue weighted by Gasteiger charge is 2.19. The number of hydrogen-bond acceptors (Lipinski definition) is 2. The third-order valence-corrected chi connectivity index (χ3v) is 3.76. The summed E-state index contributed by atoms with van der Waals surface area (Å²) in [5.74, 6) is 1.00. The number of aryl methyl sites for hydroxylation is 1. The van der Waals surface area contributed by atoms with Gasteiger partial charge in [0.1, 0.15) is 5.75 Å². The molecule has 0 spiro atoms. The van der Waals surface area contributed by atoms with Gasteiger partial charge in [0.05, 0.1) is 6.10 Å². The van der Waals surface area contributed by atoms with Gasteiger partial charge < -0.3 is 10.1 Å². The first kappa shape index (κ1) is 13.9. The predicted molar refractivity (Wildman–Crippen MR) is 79.2 cm³/mol. The predicted octanol–water partition coefficient (Wildman–Crippen LogP) is 4.06. The molecule has 1 aliphatic rings. The molecule has 2 rings (SSSR count). The molecule has 1 saturated carbocycles. The average Bonchev–Trinajstić information content (AvgIpc) is 3.12. The smallest absolute Gasteiger partial charge is 0.122 e. The fourth-order valence-electron chi connectivity index (χ4n) is 2.00. The van der Waals surface area contributed by atoms with Gasteiger partial charge >= 0.3 is 0 Å². The maximum atomic E-state index is 5.97. The lowest BCUT2D eigenvalue weighted by Crippen LogP contribution is -2.20. The molecule has 0 bridgehead atoms. The number of halogens is 1. The lowest BCUT2D eigenvalue weighted by atomic mass is 10.2. The Hall–Kier alpha value is -0.540. The van der Waals surface area contributed by atoms with Crippen LogP contribution >= 0.6 is 15.9 Å². The molecule has 1 aliphatic carbocycles. The van der Waals surface area contributed by atoms with Gasteiger partial charge in [0, 0.05) is 10.5 Å². The SMILES string of the molecule is Cc1cc(Br)ccc1OC(C)CCCNC1CC1. The van der Waals surface area contributed by atoms with Crippen molar-refractivity contribution in [1.82, 2.24) is 5.32 Å². The summed E-state index contributed by atoms with van der Waals surface area (Å²) in [5, 5.41) is 3.53. The maximum Gasteiger partial charge on any atom is 0.122 e. The third kappa shape index (κ3) is 4.62. The van der Waals surface area contributed by atoms with Crippen molar-refractivity contribution in [3.8, 4) is 5.75 Å². The number of benzene rings is 1. The normalized spacial score (nSPS) is 16.6. The van der Waals surface area contributed by atoms with Crippen LogP contribution in [0.25, 0.3) is 0 Å². The fourth-order valence-corrected chi connectivity index (χ4v) is 2.48. The van der Waals surface area contributed by atoms with Crippen LogP contribution in [0.3, 0.4) is 0 Å². The molecule has 0 saturated heterocycles. The largest absolute Gasteiger partial charge is 0.490 e. The summed E-state index contributed by atoms with van der Waals surface area (Å²) in [6, 6.07) is 6.98. The van der Waals surface area contributed by atoms with Crippen molar-refractivity contribution in [3.05, 3.63) is 28.2 Å². The Labute approximate surface area is 118 Å². The Morgan fingerprint density at radius 2 is 2.22 bits per heavy atom. The van der Waals surface area contributed by atoms with Crippen LogP contribution in [0.1, 0.15) is 38.2 Å².